The molecule has 0 spiro atoms. The highest BCUT2D eigenvalue weighted by atomic mass is 16.3. The van der Waals surface area contributed by atoms with E-state index in [-0.39, 0.29) is 5.91 Å². The average molecular weight is 260 g/mol. The summed E-state index contributed by atoms with van der Waals surface area (Å²) < 4.78 is 5.48. The molecule has 0 bridgehead atoms. The van der Waals surface area contributed by atoms with E-state index in [1.54, 1.807) is 32.1 Å². The molecule has 0 fully saturated rings. The Kier molecular flexibility index (Phi) is 3.62. The summed E-state index contributed by atoms with van der Waals surface area (Å²) in [5, 5.41) is 1.11. The summed E-state index contributed by atoms with van der Waals surface area (Å²) in [5.41, 5.74) is 6.98. The van der Waals surface area contributed by atoms with Crippen LogP contribution in [0.5, 0.6) is 0 Å². The van der Waals surface area contributed by atoms with Gasteiger partial charge < -0.3 is 15.1 Å². The SMILES string of the molecule is CN(CCc1coc2ccccc12)C(=O)C(C)(C)N. The van der Waals surface area contributed by atoms with Gasteiger partial charge in [0.25, 0.3) is 0 Å². The van der Waals surface area contributed by atoms with Crippen molar-refractivity contribution in [3.05, 3.63) is 36.1 Å². The van der Waals surface area contributed by atoms with E-state index in [1.807, 2.05) is 24.3 Å². The third-order valence-electron chi connectivity index (χ3n) is 3.18. The quantitative estimate of drug-likeness (QED) is 0.916. The highest BCUT2D eigenvalue weighted by molar-refractivity contribution is 5.85. The number of rotatable bonds is 4. The van der Waals surface area contributed by atoms with E-state index in [0.29, 0.717) is 6.54 Å². The molecule has 4 heteroatoms. The van der Waals surface area contributed by atoms with Gasteiger partial charge in [-0.3, -0.25) is 4.79 Å². The summed E-state index contributed by atoms with van der Waals surface area (Å²) in [4.78, 5) is 13.6. The Morgan fingerprint density at radius 3 is 2.74 bits per heavy atom. The Morgan fingerprint density at radius 2 is 2.05 bits per heavy atom. The van der Waals surface area contributed by atoms with E-state index in [1.165, 1.54) is 0 Å². The Morgan fingerprint density at radius 1 is 1.37 bits per heavy atom. The zero-order chi connectivity index (χ0) is 14.0. The minimum atomic E-state index is -0.826. The van der Waals surface area contributed by atoms with Crippen LogP contribution in [0, 0.1) is 0 Å². The van der Waals surface area contributed by atoms with E-state index >= 15 is 0 Å². The molecular formula is C15H20N2O2. The number of benzene rings is 1. The predicted octanol–water partition coefficient (Wildman–Crippen LogP) is 2.17. The minimum absolute atomic E-state index is 0.0553. The average Bonchev–Trinajstić information content (AvgIpc) is 2.77. The number of carbonyl (C=O) groups excluding carboxylic acids is 1. The third kappa shape index (κ3) is 2.96. The molecule has 0 saturated carbocycles. The molecule has 0 unspecified atom stereocenters. The van der Waals surface area contributed by atoms with Gasteiger partial charge in [-0.2, -0.15) is 0 Å². The fourth-order valence-electron chi connectivity index (χ4n) is 2.11. The lowest BCUT2D eigenvalue weighted by atomic mass is 10.1. The van der Waals surface area contributed by atoms with Crippen LogP contribution in [0.3, 0.4) is 0 Å². The first-order valence-corrected chi connectivity index (χ1v) is 6.39. The van der Waals surface area contributed by atoms with Gasteiger partial charge in [0.15, 0.2) is 0 Å². The first-order chi connectivity index (χ1) is 8.89. The molecule has 1 aromatic heterocycles. The largest absolute Gasteiger partial charge is 0.464 e. The standard InChI is InChI=1S/C15H20N2O2/c1-15(2,16)14(18)17(3)9-8-11-10-19-13-7-5-4-6-12(11)13/h4-7,10H,8-9,16H2,1-3H3. The number of hydrogen-bond donors (Lipinski definition) is 1. The van der Waals surface area contributed by atoms with Crippen LogP contribution in [0.4, 0.5) is 0 Å². The van der Waals surface area contributed by atoms with Gasteiger partial charge in [-0.05, 0) is 31.9 Å². The van der Waals surface area contributed by atoms with Crippen molar-refractivity contribution in [2.24, 2.45) is 5.73 Å². The molecule has 0 atom stereocenters. The van der Waals surface area contributed by atoms with Gasteiger partial charge in [0.05, 0.1) is 11.8 Å². The van der Waals surface area contributed by atoms with Crippen LogP contribution < -0.4 is 5.73 Å². The van der Waals surface area contributed by atoms with Crippen LogP contribution in [0.25, 0.3) is 11.0 Å². The van der Waals surface area contributed by atoms with Gasteiger partial charge in [-0.15, -0.1) is 0 Å². The Hall–Kier alpha value is -1.81. The van der Waals surface area contributed by atoms with E-state index in [2.05, 4.69) is 0 Å². The smallest absolute Gasteiger partial charge is 0.241 e. The molecule has 2 aromatic rings. The molecule has 0 aliphatic rings. The van der Waals surface area contributed by atoms with Crippen molar-refractivity contribution < 1.29 is 9.21 Å². The van der Waals surface area contributed by atoms with Gasteiger partial charge >= 0.3 is 0 Å². The first-order valence-electron chi connectivity index (χ1n) is 6.39. The summed E-state index contributed by atoms with van der Waals surface area (Å²) in [6.45, 7) is 4.07. The third-order valence-corrected chi connectivity index (χ3v) is 3.18. The van der Waals surface area contributed by atoms with E-state index < -0.39 is 5.54 Å². The van der Waals surface area contributed by atoms with Gasteiger partial charge in [-0.25, -0.2) is 0 Å². The van der Waals surface area contributed by atoms with Gasteiger partial charge in [0.1, 0.15) is 5.58 Å². The zero-order valence-electron chi connectivity index (χ0n) is 11.6. The number of hydrogen-bond acceptors (Lipinski definition) is 3. The summed E-state index contributed by atoms with van der Waals surface area (Å²) >= 11 is 0. The molecule has 19 heavy (non-hydrogen) atoms. The number of likely N-dealkylation sites (N-methyl/N-ethyl adjacent to an activating group) is 1. The lowest BCUT2D eigenvalue weighted by Gasteiger charge is -2.25. The second kappa shape index (κ2) is 5.05. The summed E-state index contributed by atoms with van der Waals surface area (Å²) in [6, 6.07) is 7.90. The highest BCUT2D eigenvalue weighted by Crippen LogP contribution is 2.21. The van der Waals surface area contributed by atoms with Gasteiger partial charge in [0.2, 0.25) is 5.91 Å². The second-order valence-electron chi connectivity index (χ2n) is 5.46. The molecule has 0 aliphatic carbocycles. The molecule has 0 saturated heterocycles. The van der Waals surface area contributed by atoms with Crippen molar-refractivity contribution in [3.63, 3.8) is 0 Å². The van der Waals surface area contributed by atoms with Crippen molar-refractivity contribution in [1.82, 2.24) is 4.90 Å². The minimum Gasteiger partial charge on any atom is -0.464 e. The number of carbonyl (C=O) groups is 1. The van der Waals surface area contributed by atoms with Crippen molar-refractivity contribution in [2.45, 2.75) is 25.8 Å². The van der Waals surface area contributed by atoms with Crippen molar-refractivity contribution in [1.29, 1.82) is 0 Å². The van der Waals surface area contributed by atoms with Crippen LogP contribution in [-0.4, -0.2) is 29.9 Å². The number of para-hydroxylation sites is 1. The number of amides is 1. The zero-order valence-corrected chi connectivity index (χ0v) is 11.6. The predicted molar refractivity (Wildman–Crippen MR) is 75.8 cm³/mol. The molecule has 4 nitrogen and oxygen atoms in total. The van der Waals surface area contributed by atoms with E-state index in [4.69, 9.17) is 10.2 Å². The molecule has 2 rings (SSSR count). The number of nitrogens with two attached hydrogens (primary N) is 1. The second-order valence-corrected chi connectivity index (χ2v) is 5.46. The maximum Gasteiger partial charge on any atom is 0.241 e. The summed E-state index contributed by atoms with van der Waals surface area (Å²) in [6.07, 6.45) is 2.52. The van der Waals surface area contributed by atoms with Crippen molar-refractivity contribution in [3.8, 4) is 0 Å². The van der Waals surface area contributed by atoms with Crippen molar-refractivity contribution >= 4 is 16.9 Å². The van der Waals surface area contributed by atoms with E-state index in [0.717, 1.165) is 23.0 Å². The molecule has 1 amide bonds. The molecule has 2 N–H and O–H groups in total. The van der Waals surface area contributed by atoms with Crippen LogP contribution in [0.15, 0.2) is 34.9 Å². The first kappa shape index (κ1) is 13.6. The monoisotopic (exact) mass is 260 g/mol. The van der Waals surface area contributed by atoms with Crippen LogP contribution in [0.2, 0.25) is 0 Å². The fourth-order valence-corrected chi connectivity index (χ4v) is 2.11. The molecule has 0 aliphatic heterocycles. The number of nitrogens with zero attached hydrogens (tertiary/aromatic N) is 1. The maximum atomic E-state index is 12.0. The van der Waals surface area contributed by atoms with Gasteiger partial charge in [-0.1, -0.05) is 18.2 Å². The lowest BCUT2D eigenvalue weighted by Crippen LogP contribution is -2.50. The number of furan rings is 1. The van der Waals surface area contributed by atoms with Crippen LogP contribution in [-0.2, 0) is 11.2 Å². The molecule has 1 aromatic carbocycles. The Balaban J connectivity index is 2.05. The summed E-state index contributed by atoms with van der Waals surface area (Å²) in [5.74, 6) is -0.0553. The molecule has 102 valence electrons. The number of fused-ring (bicyclic) bond motifs is 1. The van der Waals surface area contributed by atoms with Crippen LogP contribution >= 0.6 is 0 Å². The van der Waals surface area contributed by atoms with Crippen molar-refractivity contribution in [2.75, 3.05) is 13.6 Å². The lowest BCUT2D eigenvalue weighted by molar-refractivity contribution is -0.134. The Bertz CT molecular complexity index is 581. The topological polar surface area (TPSA) is 59.5 Å². The fraction of sp³-hybridized carbons (Fsp3) is 0.400. The molecular weight excluding hydrogens is 240 g/mol. The summed E-state index contributed by atoms with van der Waals surface area (Å²) in [7, 11) is 1.78. The molecule has 0 radical (unpaired) electrons. The van der Waals surface area contributed by atoms with E-state index in [9.17, 15) is 4.79 Å². The highest BCUT2D eigenvalue weighted by Gasteiger charge is 2.25. The Labute approximate surface area is 113 Å². The van der Waals surface area contributed by atoms with Gasteiger partial charge in [0, 0.05) is 19.0 Å². The maximum absolute atomic E-state index is 12.0. The molecule has 1 heterocycles. The van der Waals surface area contributed by atoms with Crippen LogP contribution in [0.1, 0.15) is 19.4 Å². The normalized spacial score (nSPS) is 11.8.